The Balaban J connectivity index is 1.30. The maximum atomic E-state index is 12.6. The van der Waals surface area contributed by atoms with Gasteiger partial charge < -0.3 is 10.1 Å². The number of anilines is 1. The van der Waals surface area contributed by atoms with E-state index in [1.165, 1.54) is 16.9 Å². The van der Waals surface area contributed by atoms with Gasteiger partial charge in [0.2, 0.25) is 0 Å². The summed E-state index contributed by atoms with van der Waals surface area (Å²) in [5.74, 6) is 0.729. The number of carbonyl (C=O) groups excluding carboxylic acids is 1. The number of ether oxygens (including phenoxy) is 1. The molecular formula is C28H27N5O2S. The number of rotatable bonds is 5. The quantitative estimate of drug-likeness (QED) is 0.511. The van der Waals surface area contributed by atoms with E-state index in [9.17, 15) is 4.79 Å². The van der Waals surface area contributed by atoms with E-state index in [1.807, 2.05) is 60.2 Å². The fourth-order valence-electron chi connectivity index (χ4n) is 4.76. The van der Waals surface area contributed by atoms with Gasteiger partial charge in [-0.25, -0.2) is 4.98 Å². The number of hydrogen-bond donors (Lipinski definition) is 1. The van der Waals surface area contributed by atoms with Gasteiger partial charge in [-0.05, 0) is 37.8 Å². The van der Waals surface area contributed by atoms with E-state index in [0.717, 1.165) is 52.7 Å². The first-order chi connectivity index (χ1) is 17.4. The van der Waals surface area contributed by atoms with E-state index in [2.05, 4.69) is 40.9 Å². The predicted octanol–water partition coefficient (Wildman–Crippen LogP) is 5.41. The first-order valence-electron chi connectivity index (χ1n) is 12.1. The van der Waals surface area contributed by atoms with Gasteiger partial charge in [-0.1, -0.05) is 53.8 Å². The third-order valence-electron chi connectivity index (χ3n) is 6.45. The average molecular weight is 498 g/mol. The van der Waals surface area contributed by atoms with Crippen LogP contribution < -0.4 is 10.2 Å². The third kappa shape index (κ3) is 4.40. The van der Waals surface area contributed by atoms with Crippen molar-refractivity contribution in [2.75, 3.05) is 4.90 Å². The zero-order chi connectivity index (χ0) is 24.7. The van der Waals surface area contributed by atoms with Crippen molar-refractivity contribution >= 4 is 27.9 Å². The van der Waals surface area contributed by atoms with Crippen LogP contribution in [-0.2, 0) is 17.7 Å². The molecule has 36 heavy (non-hydrogen) atoms. The lowest BCUT2D eigenvalue weighted by molar-refractivity contribution is 0.0901. The van der Waals surface area contributed by atoms with Gasteiger partial charge in [0, 0.05) is 35.5 Å². The normalized spacial score (nSPS) is 18.6. The SMILES string of the molecule is CC1(C)Cc2nc(N3C=COC(C4=C(c5cnn(Cc6ccccc6)c5)C=CCC4)=C3)sc2C(=O)N1. The van der Waals surface area contributed by atoms with Crippen molar-refractivity contribution in [1.82, 2.24) is 20.1 Å². The van der Waals surface area contributed by atoms with Crippen molar-refractivity contribution < 1.29 is 9.53 Å². The van der Waals surface area contributed by atoms with Crippen molar-refractivity contribution in [3.05, 3.63) is 107 Å². The van der Waals surface area contributed by atoms with Gasteiger partial charge in [0.25, 0.3) is 5.91 Å². The Morgan fingerprint density at radius 3 is 2.94 bits per heavy atom. The number of amides is 1. The summed E-state index contributed by atoms with van der Waals surface area (Å²) in [7, 11) is 0. The molecule has 1 N–H and O–H groups in total. The standard InChI is InChI=1S/C28H27N5O2S/c1-28(2)14-23-25(26(34)31-28)36-27(30-23)32-12-13-35-24(18-32)22-11-7-6-10-21(22)20-15-29-33(17-20)16-19-8-4-3-5-9-19/h3-6,8-10,12-13,15,17-18H,7,11,14,16H2,1-2H3,(H,31,34). The Hall–Kier alpha value is -3.91. The van der Waals surface area contributed by atoms with Crippen LogP contribution in [-0.4, -0.2) is 26.2 Å². The number of carbonyl (C=O) groups is 1. The number of allylic oxidation sites excluding steroid dienone is 4. The highest BCUT2D eigenvalue weighted by Crippen LogP contribution is 2.37. The lowest BCUT2D eigenvalue weighted by Gasteiger charge is -2.29. The van der Waals surface area contributed by atoms with Crippen LogP contribution in [0.4, 0.5) is 5.13 Å². The minimum absolute atomic E-state index is 0.0543. The second-order valence-corrected chi connectivity index (χ2v) is 10.8. The smallest absolute Gasteiger partial charge is 0.263 e. The van der Waals surface area contributed by atoms with E-state index in [0.29, 0.717) is 11.3 Å². The van der Waals surface area contributed by atoms with Crippen LogP contribution in [0.3, 0.4) is 0 Å². The zero-order valence-corrected chi connectivity index (χ0v) is 21.1. The Morgan fingerprint density at radius 2 is 2.08 bits per heavy atom. The van der Waals surface area contributed by atoms with Crippen molar-refractivity contribution in [3.8, 4) is 0 Å². The summed E-state index contributed by atoms with van der Waals surface area (Å²) in [6.45, 7) is 4.76. The highest BCUT2D eigenvalue weighted by molar-refractivity contribution is 7.17. The van der Waals surface area contributed by atoms with Gasteiger partial charge in [0.15, 0.2) is 5.13 Å². The molecule has 1 amide bonds. The largest absolute Gasteiger partial charge is 0.462 e. The molecule has 0 saturated carbocycles. The summed E-state index contributed by atoms with van der Waals surface area (Å²) in [6, 6.07) is 10.3. The molecule has 1 aliphatic carbocycles. The molecule has 8 heteroatoms. The van der Waals surface area contributed by atoms with Crippen molar-refractivity contribution in [3.63, 3.8) is 0 Å². The number of nitrogens with zero attached hydrogens (tertiary/aromatic N) is 4. The molecule has 0 saturated heterocycles. The molecule has 7 nitrogen and oxygen atoms in total. The van der Waals surface area contributed by atoms with E-state index in [-0.39, 0.29) is 11.4 Å². The Morgan fingerprint density at radius 1 is 1.22 bits per heavy atom. The highest BCUT2D eigenvalue weighted by atomic mass is 32.1. The van der Waals surface area contributed by atoms with E-state index >= 15 is 0 Å². The van der Waals surface area contributed by atoms with E-state index in [4.69, 9.17) is 9.72 Å². The summed E-state index contributed by atoms with van der Waals surface area (Å²) in [4.78, 5) is 20.0. The number of benzene rings is 1. The van der Waals surface area contributed by atoms with E-state index in [1.54, 1.807) is 6.26 Å². The lowest BCUT2D eigenvalue weighted by Crippen LogP contribution is -2.48. The highest BCUT2D eigenvalue weighted by Gasteiger charge is 2.34. The summed E-state index contributed by atoms with van der Waals surface area (Å²) in [5, 5.41) is 8.42. The summed E-state index contributed by atoms with van der Waals surface area (Å²) >= 11 is 1.41. The number of nitrogens with one attached hydrogen (secondary N) is 1. The van der Waals surface area contributed by atoms with Crippen LogP contribution in [0.2, 0.25) is 0 Å². The first kappa shape index (κ1) is 22.5. The van der Waals surface area contributed by atoms with Crippen molar-refractivity contribution in [1.29, 1.82) is 0 Å². The molecule has 0 unspecified atom stereocenters. The molecule has 0 bridgehead atoms. The minimum atomic E-state index is -0.295. The maximum Gasteiger partial charge on any atom is 0.263 e. The van der Waals surface area contributed by atoms with Crippen LogP contribution in [0, 0.1) is 0 Å². The summed E-state index contributed by atoms with van der Waals surface area (Å²) < 4.78 is 7.96. The fraction of sp³-hybridized carbons (Fsp3) is 0.250. The van der Waals surface area contributed by atoms with Crippen LogP contribution in [0.5, 0.6) is 0 Å². The summed E-state index contributed by atoms with van der Waals surface area (Å²) in [5.41, 5.74) is 5.07. The molecule has 4 heterocycles. The fourth-order valence-corrected chi connectivity index (χ4v) is 5.70. The first-order valence-corrected chi connectivity index (χ1v) is 12.9. The Kier molecular flexibility index (Phi) is 5.60. The Labute approximate surface area is 214 Å². The average Bonchev–Trinajstić information content (AvgIpc) is 3.51. The van der Waals surface area contributed by atoms with E-state index < -0.39 is 0 Å². The number of aromatic nitrogens is 3. The van der Waals surface area contributed by atoms with Gasteiger partial charge in [-0.15, -0.1) is 0 Å². The van der Waals surface area contributed by atoms with Crippen molar-refractivity contribution in [2.24, 2.45) is 0 Å². The summed E-state index contributed by atoms with van der Waals surface area (Å²) in [6.07, 6.45) is 16.4. The van der Waals surface area contributed by atoms with Crippen LogP contribution >= 0.6 is 11.3 Å². The molecule has 6 rings (SSSR count). The third-order valence-corrected chi connectivity index (χ3v) is 7.56. The molecule has 3 aromatic rings. The molecular weight excluding hydrogens is 470 g/mol. The molecule has 2 aromatic heterocycles. The molecule has 182 valence electrons. The second kappa shape index (κ2) is 8.95. The predicted molar refractivity (Wildman–Crippen MR) is 141 cm³/mol. The van der Waals surface area contributed by atoms with Gasteiger partial charge >= 0.3 is 0 Å². The Bertz CT molecular complexity index is 1440. The zero-order valence-electron chi connectivity index (χ0n) is 20.3. The molecule has 1 aromatic carbocycles. The van der Waals surface area contributed by atoms with Gasteiger partial charge in [0.05, 0.1) is 24.6 Å². The van der Waals surface area contributed by atoms with Gasteiger partial charge in [-0.3, -0.25) is 14.4 Å². The molecule has 3 aliphatic rings. The van der Waals surface area contributed by atoms with Crippen LogP contribution in [0.1, 0.15) is 53.2 Å². The molecule has 0 spiro atoms. The van der Waals surface area contributed by atoms with Gasteiger partial charge in [0.1, 0.15) is 16.9 Å². The number of fused-ring (bicyclic) bond motifs is 1. The van der Waals surface area contributed by atoms with Crippen LogP contribution in [0.15, 0.2) is 84.9 Å². The van der Waals surface area contributed by atoms with Crippen LogP contribution in [0.25, 0.3) is 5.57 Å². The molecule has 0 radical (unpaired) electrons. The monoisotopic (exact) mass is 497 g/mol. The maximum absolute atomic E-state index is 12.6. The number of thiazole rings is 1. The lowest BCUT2D eigenvalue weighted by atomic mass is 9.92. The minimum Gasteiger partial charge on any atom is -0.462 e. The van der Waals surface area contributed by atoms with Crippen molar-refractivity contribution in [2.45, 2.75) is 45.2 Å². The second-order valence-electron chi connectivity index (χ2n) is 9.84. The van der Waals surface area contributed by atoms with Gasteiger partial charge in [-0.2, -0.15) is 5.10 Å². The molecule has 0 fully saturated rings. The topological polar surface area (TPSA) is 72.3 Å². The number of hydrogen-bond acceptors (Lipinski definition) is 6. The molecule has 2 aliphatic heterocycles. The molecule has 0 atom stereocenters.